The van der Waals surface area contributed by atoms with Gasteiger partial charge in [-0.05, 0) is 64.2 Å². The molecule has 0 aromatic carbocycles. The molecule has 0 fully saturated rings. The molecule has 1 N–H and O–H groups in total. The zero-order chi connectivity index (χ0) is 30.1. The number of unbranched alkanes of at least 4 members (excludes halogenated alkanes) is 16. The van der Waals surface area contributed by atoms with E-state index in [2.05, 4.69) is 50.3 Å². The molecule has 0 saturated carbocycles. The average Bonchev–Trinajstić information content (AvgIpc) is 2.97. The fourth-order valence-electron chi connectivity index (χ4n) is 4.53. The molecule has 0 bridgehead atoms. The van der Waals surface area contributed by atoms with Crippen LogP contribution < -0.4 is 0 Å². The summed E-state index contributed by atoms with van der Waals surface area (Å²) in [7, 11) is 0. The molecule has 0 aliphatic carbocycles. The lowest BCUT2D eigenvalue weighted by atomic mass is 10.1. The van der Waals surface area contributed by atoms with E-state index in [1.807, 2.05) is 0 Å². The molecule has 1 unspecified atom stereocenters. The van der Waals surface area contributed by atoms with Gasteiger partial charge in [0.2, 0.25) is 0 Å². The van der Waals surface area contributed by atoms with Crippen LogP contribution in [0.1, 0.15) is 162 Å². The van der Waals surface area contributed by atoms with Crippen molar-refractivity contribution in [2.75, 3.05) is 13.2 Å². The molecule has 5 heteroatoms. The van der Waals surface area contributed by atoms with E-state index in [0.29, 0.717) is 12.8 Å². The summed E-state index contributed by atoms with van der Waals surface area (Å²) in [6.07, 6.45) is 37.7. The number of aliphatic hydroxyl groups is 1. The van der Waals surface area contributed by atoms with Gasteiger partial charge in [0, 0.05) is 12.8 Å². The van der Waals surface area contributed by atoms with Crippen LogP contribution in [0.5, 0.6) is 0 Å². The van der Waals surface area contributed by atoms with E-state index >= 15 is 0 Å². The Morgan fingerprint density at radius 3 is 1.56 bits per heavy atom. The molecule has 0 amide bonds. The smallest absolute Gasteiger partial charge is 0.306 e. The van der Waals surface area contributed by atoms with Crippen molar-refractivity contribution in [2.45, 2.75) is 168 Å². The second-order valence-corrected chi connectivity index (χ2v) is 11.2. The van der Waals surface area contributed by atoms with Crippen molar-refractivity contribution >= 4 is 11.9 Å². The quantitative estimate of drug-likeness (QED) is 0.0523. The monoisotopic (exact) mass is 576 g/mol. The first-order valence-corrected chi connectivity index (χ1v) is 17.0. The first-order chi connectivity index (χ1) is 20.1. The number of hydrogen-bond donors (Lipinski definition) is 1. The Morgan fingerprint density at radius 2 is 1.02 bits per heavy atom. The molecule has 0 rings (SSSR count). The van der Waals surface area contributed by atoms with Crippen LogP contribution in [0.3, 0.4) is 0 Å². The summed E-state index contributed by atoms with van der Waals surface area (Å²) in [5.74, 6) is -0.615. The number of allylic oxidation sites excluding steroid dienone is 6. The molecule has 41 heavy (non-hydrogen) atoms. The van der Waals surface area contributed by atoms with E-state index in [4.69, 9.17) is 9.47 Å². The highest BCUT2D eigenvalue weighted by molar-refractivity contribution is 5.70. The maximum atomic E-state index is 12.1. The molecule has 0 heterocycles. The standard InChI is InChI=1S/C36H64O5/c1-3-5-7-9-11-13-15-16-17-18-19-20-21-23-25-27-29-31-36(39)41-34(32-37)33-40-35(38)30-28-26-24-22-14-12-10-8-6-4-2/h8,10-11,13,16-17,34,37H,3-7,9,12,14-15,18-33H2,1-2H3/b10-8-,13-11-,17-16-. The normalized spacial score (nSPS) is 12.6. The van der Waals surface area contributed by atoms with Crippen LogP contribution in [0, 0.1) is 0 Å². The molecule has 238 valence electrons. The highest BCUT2D eigenvalue weighted by atomic mass is 16.6. The number of carbonyl (C=O) groups excluding carboxylic acids is 2. The van der Waals surface area contributed by atoms with Gasteiger partial charge in [-0.2, -0.15) is 0 Å². The van der Waals surface area contributed by atoms with Crippen LogP contribution in [-0.2, 0) is 19.1 Å². The third kappa shape index (κ3) is 30.9. The third-order valence-electron chi connectivity index (χ3n) is 7.14. The highest BCUT2D eigenvalue weighted by Gasteiger charge is 2.16. The summed E-state index contributed by atoms with van der Waals surface area (Å²) in [6, 6.07) is 0. The van der Waals surface area contributed by atoms with Crippen molar-refractivity contribution in [3.05, 3.63) is 36.5 Å². The van der Waals surface area contributed by atoms with Crippen molar-refractivity contribution in [2.24, 2.45) is 0 Å². The third-order valence-corrected chi connectivity index (χ3v) is 7.14. The number of hydrogen-bond acceptors (Lipinski definition) is 5. The van der Waals surface area contributed by atoms with Gasteiger partial charge in [-0.1, -0.05) is 121 Å². The van der Waals surface area contributed by atoms with Crippen molar-refractivity contribution in [1.82, 2.24) is 0 Å². The lowest BCUT2D eigenvalue weighted by Crippen LogP contribution is -2.28. The Labute approximate surface area is 253 Å². The molecule has 0 spiro atoms. The lowest BCUT2D eigenvalue weighted by Gasteiger charge is -2.15. The number of rotatable bonds is 30. The summed E-state index contributed by atoms with van der Waals surface area (Å²) >= 11 is 0. The summed E-state index contributed by atoms with van der Waals surface area (Å²) in [4.78, 5) is 24.1. The number of ether oxygens (including phenoxy) is 2. The Hall–Kier alpha value is -1.88. The van der Waals surface area contributed by atoms with Gasteiger partial charge in [-0.25, -0.2) is 0 Å². The van der Waals surface area contributed by atoms with Gasteiger partial charge in [-0.3, -0.25) is 9.59 Å². The Kier molecular flexibility index (Phi) is 31.1. The first-order valence-electron chi connectivity index (χ1n) is 17.0. The molecule has 0 aromatic rings. The number of esters is 2. The van der Waals surface area contributed by atoms with Crippen LogP contribution in [-0.4, -0.2) is 36.4 Å². The van der Waals surface area contributed by atoms with Crippen LogP contribution >= 0.6 is 0 Å². The lowest BCUT2D eigenvalue weighted by molar-refractivity contribution is -0.161. The second kappa shape index (κ2) is 32.6. The molecule has 5 nitrogen and oxygen atoms in total. The van der Waals surface area contributed by atoms with E-state index in [-0.39, 0.29) is 25.2 Å². The number of carbonyl (C=O) groups is 2. The summed E-state index contributed by atoms with van der Waals surface area (Å²) in [5.41, 5.74) is 0. The minimum absolute atomic E-state index is 0.0733. The maximum Gasteiger partial charge on any atom is 0.306 e. The highest BCUT2D eigenvalue weighted by Crippen LogP contribution is 2.12. The van der Waals surface area contributed by atoms with Crippen LogP contribution in [0.15, 0.2) is 36.5 Å². The number of aliphatic hydroxyl groups excluding tert-OH is 1. The van der Waals surface area contributed by atoms with Gasteiger partial charge in [0.1, 0.15) is 6.61 Å². The SMILES string of the molecule is CCC/C=C\CCCCCCCC(=O)OCC(CO)OC(=O)CCCCCCCCC/C=C\C/C=C\CCCCC. The first kappa shape index (κ1) is 39.1. The zero-order valence-electron chi connectivity index (χ0n) is 26.8. The largest absolute Gasteiger partial charge is 0.462 e. The second-order valence-electron chi connectivity index (χ2n) is 11.2. The Balaban J connectivity index is 3.60. The molecule has 0 aliphatic rings. The Morgan fingerprint density at radius 1 is 0.561 bits per heavy atom. The molecule has 0 saturated heterocycles. The molecule has 0 aromatic heterocycles. The fourth-order valence-corrected chi connectivity index (χ4v) is 4.53. The molecule has 1 atom stereocenters. The Bertz CT molecular complexity index is 667. The van der Waals surface area contributed by atoms with Crippen molar-refractivity contribution in [3.63, 3.8) is 0 Å². The van der Waals surface area contributed by atoms with Crippen LogP contribution in [0.4, 0.5) is 0 Å². The predicted octanol–water partition coefficient (Wildman–Crippen LogP) is 10.1. The van der Waals surface area contributed by atoms with Gasteiger partial charge in [-0.15, -0.1) is 0 Å². The maximum absolute atomic E-state index is 12.1. The van der Waals surface area contributed by atoms with E-state index in [9.17, 15) is 14.7 Å². The van der Waals surface area contributed by atoms with Crippen LogP contribution in [0.25, 0.3) is 0 Å². The molecular formula is C36H64O5. The summed E-state index contributed by atoms with van der Waals surface area (Å²) in [5, 5.41) is 9.49. The van der Waals surface area contributed by atoms with Gasteiger partial charge in [0.25, 0.3) is 0 Å². The van der Waals surface area contributed by atoms with E-state index in [0.717, 1.165) is 64.2 Å². The van der Waals surface area contributed by atoms with Gasteiger partial charge >= 0.3 is 11.9 Å². The average molecular weight is 577 g/mol. The topological polar surface area (TPSA) is 72.8 Å². The predicted molar refractivity (Wildman–Crippen MR) is 173 cm³/mol. The molecule has 0 aliphatic heterocycles. The van der Waals surface area contributed by atoms with E-state index in [1.165, 1.54) is 70.6 Å². The minimum Gasteiger partial charge on any atom is -0.462 e. The van der Waals surface area contributed by atoms with Gasteiger partial charge in [0.05, 0.1) is 6.61 Å². The summed E-state index contributed by atoms with van der Waals surface area (Å²) < 4.78 is 10.5. The van der Waals surface area contributed by atoms with Crippen molar-refractivity contribution < 1.29 is 24.2 Å². The summed E-state index contributed by atoms with van der Waals surface area (Å²) in [6.45, 7) is 4.02. The van der Waals surface area contributed by atoms with E-state index in [1.54, 1.807) is 0 Å². The zero-order valence-corrected chi connectivity index (χ0v) is 26.8. The van der Waals surface area contributed by atoms with Crippen LogP contribution in [0.2, 0.25) is 0 Å². The minimum atomic E-state index is -0.775. The van der Waals surface area contributed by atoms with Crippen molar-refractivity contribution in [1.29, 1.82) is 0 Å². The fraction of sp³-hybridized carbons (Fsp3) is 0.778. The van der Waals surface area contributed by atoms with Gasteiger partial charge in [0.15, 0.2) is 6.10 Å². The van der Waals surface area contributed by atoms with Gasteiger partial charge < -0.3 is 14.6 Å². The molecular weight excluding hydrogens is 512 g/mol. The molecule has 0 radical (unpaired) electrons. The van der Waals surface area contributed by atoms with E-state index < -0.39 is 6.10 Å². The van der Waals surface area contributed by atoms with Crippen molar-refractivity contribution in [3.8, 4) is 0 Å².